The lowest BCUT2D eigenvalue weighted by Crippen LogP contribution is -2.31. The second kappa shape index (κ2) is 7.91. The Balaban J connectivity index is 1.64. The number of anilines is 1. The molecule has 2 amide bonds. The number of hydrogen-bond donors (Lipinski definition) is 2. The van der Waals surface area contributed by atoms with Crippen LogP contribution < -0.4 is 20.1 Å². The predicted octanol–water partition coefficient (Wildman–Crippen LogP) is 4.50. The average Bonchev–Trinajstić information content (AvgIpc) is 3.08. The van der Waals surface area contributed by atoms with Gasteiger partial charge in [-0.15, -0.1) is 0 Å². The highest BCUT2D eigenvalue weighted by Gasteiger charge is 2.12. The van der Waals surface area contributed by atoms with Crippen LogP contribution in [-0.4, -0.2) is 19.4 Å². The molecule has 0 unspecified atom stereocenters. The van der Waals surface area contributed by atoms with Crippen molar-refractivity contribution in [1.29, 1.82) is 0 Å². The number of carbonyl (C=O) groups is 1. The van der Waals surface area contributed by atoms with Gasteiger partial charge in [0.1, 0.15) is 5.82 Å². The zero-order chi connectivity index (χ0) is 18.5. The van der Waals surface area contributed by atoms with Crippen molar-refractivity contribution in [3.05, 3.63) is 53.3 Å². The second-order valence-corrected chi connectivity index (χ2v) is 6.41. The summed E-state index contributed by atoms with van der Waals surface area (Å²) in [5.41, 5.74) is 1.75. The minimum absolute atomic E-state index is 0.145. The number of halogens is 1. The Morgan fingerprint density at radius 2 is 1.81 bits per heavy atom. The summed E-state index contributed by atoms with van der Waals surface area (Å²) in [7, 11) is 0. The lowest BCUT2D eigenvalue weighted by molar-refractivity contribution is 0.174. The van der Waals surface area contributed by atoms with Crippen molar-refractivity contribution < 1.29 is 18.7 Å². The van der Waals surface area contributed by atoms with E-state index in [0.29, 0.717) is 23.8 Å². The zero-order valence-corrected chi connectivity index (χ0v) is 14.7. The fourth-order valence-corrected chi connectivity index (χ4v) is 2.41. The van der Waals surface area contributed by atoms with Crippen LogP contribution in [0.25, 0.3) is 12.2 Å². The van der Waals surface area contributed by atoms with Gasteiger partial charge in [-0.1, -0.05) is 38.1 Å². The molecule has 0 saturated carbocycles. The highest BCUT2D eigenvalue weighted by molar-refractivity contribution is 5.89. The molecule has 6 heteroatoms. The third-order valence-corrected chi connectivity index (χ3v) is 3.78. The first kappa shape index (κ1) is 17.8. The Bertz CT molecular complexity index is 834. The van der Waals surface area contributed by atoms with Gasteiger partial charge in [0.25, 0.3) is 0 Å². The van der Waals surface area contributed by atoms with Crippen LogP contribution in [0.4, 0.5) is 14.9 Å². The van der Waals surface area contributed by atoms with Gasteiger partial charge in [0.2, 0.25) is 6.79 Å². The predicted molar refractivity (Wildman–Crippen MR) is 99.8 cm³/mol. The fourth-order valence-electron chi connectivity index (χ4n) is 2.41. The first-order valence-electron chi connectivity index (χ1n) is 8.43. The minimum Gasteiger partial charge on any atom is -0.454 e. The van der Waals surface area contributed by atoms with E-state index in [4.69, 9.17) is 9.47 Å². The van der Waals surface area contributed by atoms with E-state index in [9.17, 15) is 9.18 Å². The highest BCUT2D eigenvalue weighted by Crippen LogP contribution is 2.33. The van der Waals surface area contributed by atoms with Crippen LogP contribution in [0.15, 0.2) is 36.4 Å². The van der Waals surface area contributed by atoms with Crippen LogP contribution in [0, 0.1) is 11.7 Å². The van der Waals surface area contributed by atoms with Gasteiger partial charge in [-0.2, -0.15) is 0 Å². The number of carbonyl (C=O) groups excluding carboxylic acids is 1. The fraction of sp³-hybridized carbons (Fsp3) is 0.250. The number of hydrogen-bond acceptors (Lipinski definition) is 3. The van der Waals surface area contributed by atoms with Crippen molar-refractivity contribution in [2.45, 2.75) is 13.8 Å². The molecular formula is C20H21FN2O3. The maximum Gasteiger partial charge on any atom is 0.319 e. The van der Waals surface area contributed by atoms with Gasteiger partial charge in [-0.05, 0) is 41.3 Å². The molecule has 0 spiro atoms. The van der Waals surface area contributed by atoms with E-state index in [1.807, 2.05) is 38.1 Å². The number of nitrogens with one attached hydrogen (secondary N) is 2. The monoisotopic (exact) mass is 356 g/mol. The van der Waals surface area contributed by atoms with Gasteiger partial charge in [-0.25, -0.2) is 9.18 Å². The van der Waals surface area contributed by atoms with Crippen molar-refractivity contribution in [1.82, 2.24) is 5.32 Å². The first-order valence-corrected chi connectivity index (χ1v) is 8.43. The van der Waals surface area contributed by atoms with Gasteiger partial charge in [0.15, 0.2) is 11.5 Å². The molecule has 2 aromatic carbocycles. The molecule has 0 radical (unpaired) electrons. The lowest BCUT2D eigenvalue weighted by Gasteiger charge is -2.10. The molecular weight excluding hydrogens is 335 g/mol. The van der Waals surface area contributed by atoms with E-state index < -0.39 is 11.8 Å². The summed E-state index contributed by atoms with van der Waals surface area (Å²) in [5, 5.41) is 5.20. The van der Waals surface area contributed by atoms with Crippen LogP contribution in [-0.2, 0) is 0 Å². The van der Waals surface area contributed by atoms with Crippen molar-refractivity contribution in [2.24, 2.45) is 5.92 Å². The van der Waals surface area contributed by atoms with Gasteiger partial charge in [-0.3, -0.25) is 0 Å². The molecule has 2 N–H and O–H groups in total. The van der Waals surface area contributed by atoms with E-state index in [2.05, 4.69) is 10.6 Å². The molecule has 2 aromatic rings. The molecule has 0 bridgehead atoms. The summed E-state index contributed by atoms with van der Waals surface area (Å²) < 4.78 is 24.8. The number of rotatable bonds is 5. The molecule has 1 aliphatic heterocycles. The summed E-state index contributed by atoms with van der Waals surface area (Å²) in [5.74, 6) is 1.26. The van der Waals surface area contributed by atoms with Crippen molar-refractivity contribution in [3.8, 4) is 11.5 Å². The first-order chi connectivity index (χ1) is 12.5. The Hall–Kier alpha value is -3.02. The molecule has 3 rings (SSSR count). The number of urea groups is 1. The van der Waals surface area contributed by atoms with Gasteiger partial charge >= 0.3 is 6.03 Å². The van der Waals surface area contributed by atoms with Crippen LogP contribution in [0.2, 0.25) is 0 Å². The Morgan fingerprint density at radius 1 is 1.12 bits per heavy atom. The molecule has 0 aromatic heterocycles. The third-order valence-electron chi connectivity index (χ3n) is 3.78. The molecule has 1 heterocycles. The summed E-state index contributed by atoms with van der Waals surface area (Å²) in [6.45, 7) is 4.74. The summed E-state index contributed by atoms with van der Waals surface area (Å²) in [4.78, 5) is 11.7. The van der Waals surface area contributed by atoms with E-state index in [0.717, 1.165) is 11.3 Å². The molecule has 0 aliphatic carbocycles. The smallest absolute Gasteiger partial charge is 0.319 e. The van der Waals surface area contributed by atoms with Crippen LogP contribution in [0.3, 0.4) is 0 Å². The van der Waals surface area contributed by atoms with E-state index >= 15 is 0 Å². The van der Waals surface area contributed by atoms with E-state index in [1.165, 1.54) is 6.07 Å². The van der Waals surface area contributed by atoms with Gasteiger partial charge < -0.3 is 20.1 Å². The molecule has 5 nitrogen and oxygen atoms in total. The summed E-state index contributed by atoms with van der Waals surface area (Å²) in [6.07, 6.45) is 3.66. The van der Waals surface area contributed by atoms with Crippen LogP contribution in [0.5, 0.6) is 11.5 Å². The average molecular weight is 356 g/mol. The zero-order valence-electron chi connectivity index (χ0n) is 14.7. The number of ether oxygens (including phenoxy) is 2. The quantitative estimate of drug-likeness (QED) is 0.776. The highest BCUT2D eigenvalue weighted by atomic mass is 19.1. The van der Waals surface area contributed by atoms with Crippen LogP contribution >= 0.6 is 0 Å². The number of benzene rings is 2. The molecule has 0 saturated heterocycles. The van der Waals surface area contributed by atoms with Crippen molar-refractivity contribution >= 4 is 23.9 Å². The molecule has 26 heavy (non-hydrogen) atoms. The van der Waals surface area contributed by atoms with Crippen molar-refractivity contribution in [2.75, 3.05) is 18.7 Å². The van der Waals surface area contributed by atoms with Crippen LogP contribution in [0.1, 0.15) is 25.0 Å². The third kappa shape index (κ3) is 4.53. The lowest BCUT2D eigenvalue weighted by atomic mass is 10.1. The van der Waals surface area contributed by atoms with Crippen molar-refractivity contribution in [3.63, 3.8) is 0 Å². The SMILES string of the molecule is CC(C)CNC(=O)Nc1ccc(/C=C/c2ccc3c(c2)OCO3)cc1F. The Kier molecular flexibility index (Phi) is 5.41. The number of fused-ring (bicyclic) bond motifs is 1. The summed E-state index contributed by atoms with van der Waals surface area (Å²) >= 11 is 0. The van der Waals surface area contributed by atoms with E-state index in [1.54, 1.807) is 18.2 Å². The topological polar surface area (TPSA) is 59.6 Å². The Labute approximate surface area is 151 Å². The van der Waals surface area contributed by atoms with Gasteiger partial charge in [0.05, 0.1) is 5.69 Å². The molecule has 0 fully saturated rings. The molecule has 136 valence electrons. The minimum atomic E-state index is -0.488. The molecule has 1 aliphatic rings. The van der Waals surface area contributed by atoms with E-state index in [-0.39, 0.29) is 12.5 Å². The van der Waals surface area contributed by atoms with Gasteiger partial charge in [0, 0.05) is 6.54 Å². The second-order valence-electron chi connectivity index (χ2n) is 6.41. The maximum absolute atomic E-state index is 14.2. The maximum atomic E-state index is 14.2. The Morgan fingerprint density at radius 3 is 2.54 bits per heavy atom. The normalized spacial score (nSPS) is 12.6. The number of amides is 2. The largest absolute Gasteiger partial charge is 0.454 e. The summed E-state index contributed by atoms with van der Waals surface area (Å²) in [6, 6.07) is 9.85. The molecule has 0 atom stereocenters. The standard InChI is InChI=1S/C20H21FN2O3/c1-13(2)11-22-20(24)23-17-7-5-14(9-16(17)21)3-4-15-6-8-18-19(10-15)26-12-25-18/h3-10,13H,11-12H2,1-2H3,(H2,22,23,24)/b4-3+.